The van der Waals surface area contributed by atoms with Crippen LogP contribution in [0.15, 0.2) is 28.9 Å². The number of hydrogen-bond acceptors (Lipinski definition) is 7. The number of fused-ring (bicyclic) bond motifs is 2. The van der Waals surface area contributed by atoms with Crippen molar-refractivity contribution in [3.63, 3.8) is 0 Å². The highest BCUT2D eigenvalue weighted by Crippen LogP contribution is 2.42. The number of hydrogen-bond donors (Lipinski definition) is 0. The summed E-state index contributed by atoms with van der Waals surface area (Å²) in [5.74, 6) is -3.16. The topological polar surface area (TPSA) is 114 Å². The fourth-order valence-electron chi connectivity index (χ4n) is 4.21. The number of carbonyl (C=O) groups is 4. The van der Waals surface area contributed by atoms with Gasteiger partial charge in [-0.2, -0.15) is 0 Å². The molecule has 27 heavy (non-hydrogen) atoms. The number of imide groups is 2. The van der Waals surface area contributed by atoms with Crippen LogP contribution in [0.1, 0.15) is 46.4 Å². The highest BCUT2D eigenvalue weighted by molar-refractivity contribution is 6.35. The second kappa shape index (κ2) is 5.57. The van der Waals surface area contributed by atoms with Crippen LogP contribution in [-0.2, 0) is 9.59 Å². The van der Waals surface area contributed by atoms with Crippen LogP contribution < -0.4 is 9.80 Å². The van der Waals surface area contributed by atoms with E-state index in [-0.39, 0.29) is 34.6 Å². The maximum absolute atomic E-state index is 12.8. The number of aromatic nitrogens is 2. The van der Waals surface area contributed by atoms with Crippen LogP contribution in [-0.4, -0.2) is 33.9 Å². The Kier molecular flexibility index (Phi) is 3.27. The molecule has 2 aliphatic heterocycles. The van der Waals surface area contributed by atoms with Crippen LogP contribution in [0.5, 0.6) is 0 Å². The molecular weight excluding hydrogens is 352 g/mol. The van der Waals surface area contributed by atoms with Gasteiger partial charge in [-0.1, -0.05) is 25.0 Å². The van der Waals surface area contributed by atoms with Gasteiger partial charge in [-0.25, -0.2) is 14.4 Å². The molecule has 1 aromatic carbocycles. The lowest BCUT2D eigenvalue weighted by Gasteiger charge is -2.19. The van der Waals surface area contributed by atoms with E-state index >= 15 is 0 Å². The zero-order valence-electron chi connectivity index (χ0n) is 14.1. The first-order valence-electron chi connectivity index (χ1n) is 8.78. The average molecular weight is 366 g/mol. The molecular formula is C18H14N4O5. The molecule has 0 bridgehead atoms. The number of carbonyl (C=O) groups excluding carboxylic acids is 4. The largest absolute Gasteiger partial charge is 0.274 e. The van der Waals surface area contributed by atoms with Crippen LogP contribution in [0.3, 0.4) is 0 Å². The normalized spacial score (nSPS) is 24.6. The summed E-state index contributed by atoms with van der Waals surface area (Å²) in [7, 11) is 0. The summed E-state index contributed by atoms with van der Waals surface area (Å²) in [6.07, 6.45) is 3.05. The van der Waals surface area contributed by atoms with Gasteiger partial charge < -0.3 is 0 Å². The molecule has 2 aromatic rings. The molecule has 4 amide bonds. The van der Waals surface area contributed by atoms with E-state index < -0.39 is 23.7 Å². The summed E-state index contributed by atoms with van der Waals surface area (Å²) >= 11 is 0. The molecule has 1 saturated carbocycles. The predicted octanol–water partition coefficient (Wildman–Crippen LogP) is 1.55. The van der Waals surface area contributed by atoms with Crippen molar-refractivity contribution in [2.75, 3.05) is 9.80 Å². The zero-order valence-corrected chi connectivity index (χ0v) is 14.1. The predicted molar refractivity (Wildman–Crippen MR) is 89.8 cm³/mol. The Hall–Kier alpha value is -3.36. The zero-order chi connectivity index (χ0) is 18.7. The summed E-state index contributed by atoms with van der Waals surface area (Å²) in [5, 5.41) is 7.35. The first kappa shape index (κ1) is 15.9. The molecule has 0 unspecified atom stereocenters. The molecule has 0 spiro atoms. The fraction of sp³-hybridized carbons (Fsp3) is 0.333. The summed E-state index contributed by atoms with van der Waals surface area (Å²) in [5.41, 5.74) is 0.452. The Bertz CT molecular complexity index is 954. The van der Waals surface area contributed by atoms with Crippen molar-refractivity contribution in [3.05, 3.63) is 35.4 Å². The summed E-state index contributed by atoms with van der Waals surface area (Å²) in [6.45, 7) is 0. The molecule has 2 atom stereocenters. The minimum absolute atomic E-state index is 0.200. The van der Waals surface area contributed by atoms with Crippen molar-refractivity contribution in [1.82, 2.24) is 10.3 Å². The second-order valence-electron chi connectivity index (χ2n) is 6.91. The second-order valence-corrected chi connectivity index (χ2v) is 6.91. The molecule has 1 saturated heterocycles. The Labute approximate surface area is 152 Å². The van der Waals surface area contributed by atoms with Crippen LogP contribution in [0.25, 0.3) is 0 Å². The first-order valence-corrected chi connectivity index (χ1v) is 8.78. The molecule has 136 valence electrons. The van der Waals surface area contributed by atoms with Gasteiger partial charge in [0.2, 0.25) is 23.5 Å². The third kappa shape index (κ3) is 2.05. The molecule has 3 heterocycles. The van der Waals surface area contributed by atoms with Crippen molar-refractivity contribution < 1.29 is 23.8 Å². The van der Waals surface area contributed by atoms with Crippen molar-refractivity contribution in [2.24, 2.45) is 11.8 Å². The lowest BCUT2D eigenvalue weighted by atomic mass is 9.81. The van der Waals surface area contributed by atoms with Gasteiger partial charge in [0, 0.05) is 0 Å². The van der Waals surface area contributed by atoms with E-state index in [1.807, 2.05) is 0 Å². The monoisotopic (exact) mass is 366 g/mol. The van der Waals surface area contributed by atoms with Gasteiger partial charge >= 0.3 is 0 Å². The highest BCUT2D eigenvalue weighted by Gasteiger charge is 2.52. The summed E-state index contributed by atoms with van der Waals surface area (Å²) < 4.78 is 4.72. The third-order valence-electron chi connectivity index (χ3n) is 5.51. The van der Waals surface area contributed by atoms with E-state index in [9.17, 15) is 19.2 Å². The van der Waals surface area contributed by atoms with Crippen LogP contribution >= 0.6 is 0 Å². The maximum atomic E-state index is 12.8. The Morgan fingerprint density at radius 2 is 1.26 bits per heavy atom. The minimum atomic E-state index is -0.593. The molecule has 9 heteroatoms. The van der Waals surface area contributed by atoms with Gasteiger partial charge in [-0.3, -0.25) is 19.2 Å². The van der Waals surface area contributed by atoms with E-state index in [4.69, 9.17) is 4.63 Å². The molecule has 9 nitrogen and oxygen atoms in total. The standard InChI is InChI=1S/C18H14N4O5/c23-15-9-5-1-2-6-10(9)16(24)21(15)13-14(20-27-19-13)22-17(25)11-7-3-4-8-12(11)18(22)26/h1-2,5-6,11-12H,3-4,7-8H2/t11-,12-/m0/s1. The molecule has 1 aliphatic carbocycles. The Morgan fingerprint density at radius 3 is 1.78 bits per heavy atom. The third-order valence-corrected chi connectivity index (χ3v) is 5.51. The first-order chi connectivity index (χ1) is 13.1. The van der Waals surface area contributed by atoms with Crippen LogP contribution in [0, 0.1) is 11.8 Å². The highest BCUT2D eigenvalue weighted by atomic mass is 16.6. The summed E-state index contributed by atoms with van der Waals surface area (Å²) in [4.78, 5) is 52.7. The van der Waals surface area contributed by atoms with Crippen molar-refractivity contribution >= 4 is 35.3 Å². The van der Waals surface area contributed by atoms with Crippen molar-refractivity contribution in [3.8, 4) is 0 Å². The van der Waals surface area contributed by atoms with E-state index in [0.717, 1.165) is 22.6 Å². The number of rotatable bonds is 2. The molecule has 3 aliphatic rings. The van der Waals surface area contributed by atoms with Gasteiger partial charge in [0.15, 0.2) is 0 Å². The van der Waals surface area contributed by atoms with Gasteiger partial charge in [-0.05, 0) is 35.3 Å². The van der Waals surface area contributed by atoms with Crippen molar-refractivity contribution in [1.29, 1.82) is 0 Å². The smallest absolute Gasteiger partial charge is 0.267 e. The van der Waals surface area contributed by atoms with Crippen LogP contribution in [0.2, 0.25) is 0 Å². The summed E-state index contributed by atoms with van der Waals surface area (Å²) in [6, 6.07) is 6.36. The molecule has 0 N–H and O–H groups in total. The molecule has 2 fully saturated rings. The van der Waals surface area contributed by atoms with Gasteiger partial charge in [0.05, 0.1) is 23.0 Å². The lowest BCUT2D eigenvalue weighted by Crippen LogP contribution is -2.35. The van der Waals surface area contributed by atoms with Crippen molar-refractivity contribution in [2.45, 2.75) is 25.7 Å². The van der Waals surface area contributed by atoms with Gasteiger partial charge in [-0.15, -0.1) is 0 Å². The number of nitrogens with zero attached hydrogens (tertiary/aromatic N) is 4. The Morgan fingerprint density at radius 1 is 0.778 bits per heavy atom. The van der Waals surface area contributed by atoms with E-state index in [2.05, 4.69) is 10.3 Å². The SMILES string of the molecule is O=C1c2ccccc2C(=O)N1c1nonc1N1C(=O)[C@H]2CCCC[C@@H]2C1=O. The fourth-order valence-corrected chi connectivity index (χ4v) is 4.21. The molecule has 0 radical (unpaired) electrons. The van der Waals surface area contributed by atoms with E-state index in [0.29, 0.717) is 12.8 Å². The quantitative estimate of drug-likeness (QED) is 0.741. The molecule has 1 aromatic heterocycles. The van der Waals surface area contributed by atoms with Gasteiger partial charge in [0.25, 0.3) is 11.8 Å². The van der Waals surface area contributed by atoms with Gasteiger partial charge in [0.1, 0.15) is 0 Å². The Balaban J connectivity index is 1.56. The number of benzene rings is 1. The average Bonchev–Trinajstić information content (AvgIpc) is 3.32. The van der Waals surface area contributed by atoms with E-state index in [1.54, 1.807) is 12.1 Å². The molecule has 5 rings (SSSR count). The van der Waals surface area contributed by atoms with E-state index in [1.165, 1.54) is 12.1 Å². The minimum Gasteiger partial charge on any atom is -0.274 e. The number of anilines is 2. The van der Waals surface area contributed by atoms with Crippen LogP contribution in [0.4, 0.5) is 11.6 Å². The lowest BCUT2D eigenvalue weighted by molar-refractivity contribution is -0.122. The number of amides is 4. The maximum Gasteiger partial charge on any atom is 0.267 e.